The highest BCUT2D eigenvalue weighted by Gasteiger charge is 2.27. The Hall–Kier alpha value is -2.81. The van der Waals surface area contributed by atoms with E-state index in [9.17, 15) is 13.2 Å². The average molecular weight is 499 g/mol. The molecule has 0 fully saturated rings. The van der Waals surface area contributed by atoms with E-state index < -0.39 is 10.0 Å². The van der Waals surface area contributed by atoms with E-state index in [1.54, 1.807) is 23.9 Å². The number of ether oxygens (including phenoxy) is 1. The number of sulfonamides is 1. The van der Waals surface area contributed by atoms with Crippen LogP contribution in [0.15, 0.2) is 88.7 Å². The summed E-state index contributed by atoms with van der Waals surface area (Å²) in [6, 6.07) is 23.2. The first kappa shape index (κ1) is 25.8. The molecule has 1 N–H and O–H groups in total. The van der Waals surface area contributed by atoms with Crippen molar-refractivity contribution >= 4 is 27.7 Å². The standard InChI is InChI=1S/C26H30N2O4S2/c1-4-32-23-12-16-25(17-13-23)34(30,31)28(18-21-8-6-5-7-9-21)19-26(29)27-20(2)22-10-14-24(33-3)15-11-22/h5-17,20H,4,18-19H2,1-3H3,(H,27,29). The van der Waals surface area contributed by atoms with Crippen molar-refractivity contribution in [2.75, 3.05) is 19.4 Å². The number of carbonyl (C=O) groups excluding carboxylic acids is 1. The maximum absolute atomic E-state index is 13.5. The van der Waals surface area contributed by atoms with Crippen molar-refractivity contribution in [1.82, 2.24) is 9.62 Å². The van der Waals surface area contributed by atoms with Crippen LogP contribution in [-0.4, -0.2) is 38.0 Å². The van der Waals surface area contributed by atoms with Gasteiger partial charge in [-0.05, 0) is 67.6 Å². The van der Waals surface area contributed by atoms with Gasteiger partial charge < -0.3 is 10.1 Å². The van der Waals surface area contributed by atoms with Crippen molar-refractivity contribution in [2.24, 2.45) is 0 Å². The summed E-state index contributed by atoms with van der Waals surface area (Å²) < 4.78 is 33.6. The molecule has 0 bridgehead atoms. The number of carbonyl (C=O) groups is 1. The van der Waals surface area contributed by atoms with E-state index in [0.717, 1.165) is 16.0 Å². The van der Waals surface area contributed by atoms with Crippen LogP contribution in [0.1, 0.15) is 31.0 Å². The maximum atomic E-state index is 13.5. The minimum absolute atomic E-state index is 0.0839. The lowest BCUT2D eigenvalue weighted by molar-refractivity contribution is -0.122. The highest BCUT2D eigenvalue weighted by Crippen LogP contribution is 2.22. The fraction of sp³-hybridized carbons (Fsp3) is 0.269. The highest BCUT2D eigenvalue weighted by atomic mass is 32.2. The zero-order valence-electron chi connectivity index (χ0n) is 19.6. The molecule has 0 saturated carbocycles. The first-order valence-electron chi connectivity index (χ1n) is 11.0. The van der Waals surface area contributed by atoms with E-state index in [1.807, 2.05) is 74.7 Å². The van der Waals surface area contributed by atoms with Crippen LogP contribution in [0.3, 0.4) is 0 Å². The Balaban J connectivity index is 1.79. The number of hydrogen-bond acceptors (Lipinski definition) is 5. The molecule has 6 nitrogen and oxygen atoms in total. The van der Waals surface area contributed by atoms with Crippen molar-refractivity contribution in [3.8, 4) is 5.75 Å². The second-order valence-corrected chi connectivity index (χ2v) is 10.5. The number of rotatable bonds is 11. The number of amides is 1. The number of benzene rings is 3. The Bertz CT molecular complexity index is 1170. The van der Waals surface area contributed by atoms with E-state index in [4.69, 9.17) is 4.74 Å². The molecule has 3 aromatic carbocycles. The molecule has 3 rings (SSSR count). The zero-order chi connectivity index (χ0) is 24.6. The molecule has 180 valence electrons. The third-order valence-corrected chi connectivity index (χ3v) is 7.84. The van der Waals surface area contributed by atoms with Gasteiger partial charge in [0, 0.05) is 11.4 Å². The fourth-order valence-electron chi connectivity index (χ4n) is 3.46. The zero-order valence-corrected chi connectivity index (χ0v) is 21.2. The van der Waals surface area contributed by atoms with Crippen LogP contribution in [0.2, 0.25) is 0 Å². The average Bonchev–Trinajstić information content (AvgIpc) is 2.85. The second-order valence-electron chi connectivity index (χ2n) is 7.73. The molecule has 0 spiro atoms. The van der Waals surface area contributed by atoms with Gasteiger partial charge in [0.15, 0.2) is 0 Å². The maximum Gasteiger partial charge on any atom is 0.243 e. The quantitative estimate of drug-likeness (QED) is 0.382. The minimum atomic E-state index is -3.92. The summed E-state index contributed by atoms with van der Waals surface area (Å²) in [6.07, 6.45) is 2.01. The fourth-order valence-corrected chi connectivity index (χ4v) is 5.25. The predicted octanol–water partition coefficient (Wildman–Crippen LogP) is 4.88. The van der Waals surface area contributed by atoms with Crippen LogP contribution in [0, 0.1) is 0 Å². The number of hydrogen-bond donors (Lipinski definition) is 1. The van der Waals surface area contributed by atoms with E-state index >= 15 is 0 Å². The van der Waals surface area contributed by atoms with Gasteiger partial charge in [-0.3, -0.25) is 4.79 Å². The SMILES string of the molecule is CCOc1ccc(S(=O)(=O)N(CC(=O)NC(C)c2ccc(SC)cc2)Cc2ccccc2)cc1. The molecule has 0 saturated heterocycles. The van der Waals surface area contributed by atoms with E-state index in [2.05, 4.69) is 5.32 Å². The summed E-state index contributed by atoms with van der Waals surface area (Å²) in [7, 11) is -3.92. The molecule has 34 heavy (non-hydrogen) atoms. The van der Waals surface area contributed by atoms with Crippen LogP contribution in [-0.2, 0) is 21.4 Å². The van der Waals surface area contributed by atoms with Crippen molar-refractivity contribution in [1.29, 1.82) is 0 Å². The van der Waals surface area contributed by atoms with Gasteiger partial charge in [0.2, 0.25) is 15.9 Å². The van der Waals surface area contributed by atoms with Gasteiger partial charge in [-0.1, -0.05) is 42.5 Å². The lowest BCUT2D eigenvalue weighted by Gasteiger charge is -2.23. The van der Waals surface area contributed by atoms with Crippen molar-refractivity contribution in [3.63, 3.8) is 0 Å². The van der Waals surface area contributed by atoms with Gasteiger partial charge in [0.05, 0.1) is 24.1 Å². The molecule has 1 atom stereocenters. The Labute approximate surface area is 206 Å². The first-order chi connectivity index (χ1) is 16.3. The molecule has 3 aromatic rings. The number of nitrogens with zero attached hydrogens (tertiary/aromatic N) is 1. The molecule has 1 amide bonds. The monoisotopic (exact) mass is 498 g/mol. The van der Waals surface area contributed by atoms with Crippen LogP contribution in [0.25, 0.3) is 0 Å². The molecule has 0 heterocycles. The lowest BCUT2D eigenvalue weighted by atomic mass is 10.1. The lowest BCUT2D eigenvalue weighted by Crippen LogP contribution is -2.41. The van der Waals surface area contributed by atoms with E-state index in [-0.39, 0.29) is 29.9 Å². The van der Waals surface area contributed by atoms with E-state index in [0.29, 0.717) is 12.4 Å². The summed E-state index contributed by atoms with van der Waals surface area (Å²) in [5, 5.41) is 2.93. The molecular formula is C26H30N2O4S2. The predicted molar refractivity (Wildman–Crippen MR) is 136 cm³/mol. The van der Waals surface area contributed by atoms with Gasteiger partial charge in [0.25, 0.3) is 0 Å². The Morgan fingerprint density at radius 3 is 2.24 bits per heavy atom. The molecule has 0 aliphatic heterocycles. The number of nitrogens with one attached hydrogen (secondary N) is 1. The third-order valence-electron chi connectivity index (χ3n) is 5.29. The normalized spacial score (nSPS) is 12.4. The largest absolute Gasteiger partial charge is 0.494 e. The van der Waals surface area contributed by atoms with Crippen molar-refractivity contribution in [3.05, 3.63) is 90.0 Å². The first-order valence-corrected chi connectivity index (χ1v) is 13.7. The summed E-state index contributed by atoms with van der Waals surface area (Å²) in [4.78, 5) is 14.2. The summed E-state index contributed by atoms with van der Waals surface area (Å²) >= 11 is 1.65. The van der Waals surface area contributed by atoms with Crippen LogP contribution < -0.4 is 10.1 Å². The Kier molecular flexibility index (Phi) is 9.15. The summed E-state index contributed by atoms with van der Waals surface area (Å²) in [6.45, 7) is 4.03. The Morgan fingerprint density at radius 1 is 1.00 bits per heavy atom. The molecule has 0 radical (unpaired) electrons. The minimum Gasteiger partial charge on any atom is -0.494 e. The van der Waals surface area contributed by atoms with Crippen molar-refractivity contribution in [2.45, 2.75) is 36.2 Å². The van der Waals surface area contributed by atoms with Crippen LogP contribution in [0.5, 0.6) is 5.75 Å². The van der Waals surface area contributed by atoms with Gasteiger partial charge in [-0.2, -0.15) is 4.31 Å². The van der Waals surface area contributed by atoms with Crippen LogP contribution >= 0.6 is 11.8 Å². The van der Waals surface area contributed by atoms with Gasteiger partial charge in [-0.25, -0.2) is 8.42 Å². The second kappa shape index (κ2) is 12.1. The third kappa shape index (κ3) is 6.85. The van der Waals surface area contributed by atoms with Crippen LogP contribution in [0.4, 0.5) is 0 Å². The van der Waals surface area contributed by atoms with Gasteiger partial charge in [-0.15, -0.1) is 11.8 Å². The smallest absolute Gasteiger partial charge is 0.243 e. The van der Waals surface area contributed by atoms with E-state index in [1.165, 1.54) is 16.4 Å². The molecule has 0 aliphatic carbocycles. The van der Waals surface area contributed by atoms with Crippen molar-refractivity contribution < 1.29 is 17.9 Å². The molecule has 8 heteroatoms. The molecule has 0 aliphatic rings. The number of thioether (sulfide) groups is 1. The highest BCUT2D eigenvalue weighted by molar-refractivity contribution is 7.98. The summed E-state index contributed by atoms with van der Waals surface area (Å²) in [5.41, 5.74) is 1.75. The topological polar surface area (TPSA) is 75.7 Å². The molecule has 0 aromatic heterocycles. The van der Waals surface area contributed by atoms with Gasteiger partial charge in [0.1, 0.15) is 5.75 Å². The molecule has 1 unspecified atom stereocenters. The summed E-state index contributed by atoms with van der Waals surface area (Å²) in [5.74, 6) is 0.224. The Morgan fingerprint density at radius 2 is 1.65 bits per heavy atom. The molecular weight excluding hydrogens is 468 g/mol. The van der Waals surface area contributed by atoms with Gasteiger partial charge >= 0.3 is 0 Å².